The molecule has 0 aliphatic carbocycles. The number of primary amides is 1. The number of likely N-dealkylation sites (tertiary alicyclic amines) is 1. The minimum Gasteiger partial charge on any atom is -0.361 e. The maximum atomic E-state index is 11.1. The van der Waals surface area contributed by atoms with E-state index in [1.54, 1.807) is 0 Å². The zero-order valence-electron chi connectivity index (χ0n) is 6.62. The van der Waals surface area contributed by atoms with E-state index >= 15 is 0 Å². The predicted octanol–water partition coefficient (Wildman–Crippen LogP) is -0.102. The second-order valence-corrected chi connectivity index (χ2v) is 4.62. The molecule has 1 heterocycles. The normalized spacial score (nSPS) is 23.8. The van der Waals surface area contributed by atoms with Gasteiger partial charge in [-0.3, -0.25) is 9.59 Å². The number of nitrogens with zero attached hydrogens (tertiary/aromatic N) is 1. The first-order valence-corrected chi connectivity index (χ1v) is 5.08. The van der Waals surface area contributed by atoms with Crippen molar-refractivity contribution in [2.75, 3.05) is 13.1 Å². The van der Waals surface area contributed by atoms with Crippen molar-refractivity contribution < 1.29 is 9.59 Å². The number of carbonyl (C=O) groups excluding carboxylic acids is 2. The third kappa shape index (κ3) is 2.33. The van der Waals surface area contributed by atoms with Crippen molar-refractivity contribution in [2.24, 2.45) is 5.73 Å². The molecule has 1 rings (SSSR count). The van der Waals surface area contributed by atoms with E-state index in [0.717, 1.165) is 12.8 Å². The van der Waals surface area contributed by atoms with E-state index in [1.807, 2.05) is 0 Å². The molecule has 1 aliphatic heterocycles. The molecule has 2 N–H and O–H groups in total. The molecule has 12 heavy (non-hydrogen) atoms. The van der Waals surface area contributed by atoms with Crippen LogP contribution >= 0.6 is 22.6 Å². The number of hydrogen-bond donors (Lipinski definition) is 1. The maximum absolute atomic E-state index is 11.1. The van der Waals surface area contributed by atoms with Crippen molar-refractivity contribution in [1.29, 1.82) is 0 Å². The summed E-state index contributed by atoms with van der Waals surface area (Å²) in [4.78, 5) is 23.2. The molecule has 0 spiro atoms. The molecule has 0 aromatic rings. The largest absolute Gasteiger partial charge is 0.361 e. The van der Waals surface area contributed by atoms with E-state index in [9.17, 15) is 9.59 Å². The van der Waals surface area contributed by atoms with E-state index < -0.39 is 11.8 Å². The fourth-order valence-corrected chi connectivity index (χ4v) is 2.18. The molecule has 4 nitrogen and oxygen atoms in total. The van der Waals surface area contributed by atoms with Gasteiger partial charge in [0.2, 0.25) is 0 Å². The first-order valence-electron chi connectivity index (χ1n) is 3.84. The molecule has 2 amide bonds. The Kier molecular flexibility index (Phi) is 3.30. The Bertz CT molecular complexity index is 208. The molecule has 1 fully saturated rings. The van der Waals surface area contributed by atoms with Gasteiger partial charge in [-0.05, 0) is 12.8 Å². The molecule has 1 unspecified atom stereocenters. The summed E-state index contributed by atoms with van der Waals surface area (Å²) in [7, 11) is 0. The van der Waals surface area contributed by atoms with Crippen molar-refractivity contribution in [3.05, 3.63) is 0 Å². The van der Waals surface area contributed by atoms with Gasteiger partial charge in [-0.1, -0.05) is 22.6 Å². The average molecular weight is 282 g/mol. The van der Waals surface area contributed by atoms with Crippen LogP contribution in [0.1, 0.15) is 12.8 Å². The summed E-state index contributed by atoms with van der Waals surface area (Å²) in [5.41, 5.74) is 4.88. The lowest BCUT2D eigenvalue weighted by molar-refractivity contribution is -0.144. The highest BCUT2D eigenvalue weighted by Crippen LogP contribution is 2.16. The van der Waals surface area contributed by atoms with Crippen molar-refractivity contribution in [3.8, 4) is 0 Å². The van der Waals surface area contributed by atoms with Crippen LogP contribution in [0.2, 0.25) is 0 Å². The molecule has 0 radical (unpaired) electrons. The van der Waals surface area contributed by atoms with E-state index in [0.29, 0.717) is 17.0 Å². The minimum atomic E-state index is -0.847. The molecule has 5 heteroatoms. The van der Waals surface area contributed by atoms with Crippen LogP contribution in [-0.2, 0) is 9.59 Å². The van der Waals surface area contributed by atoms with Gasteiger partial charge in [0, 0.05) is 17.0 Å². The summed E-state index contributed by atoms with van der Waals surface area (Å²) < 4.78 is 0.458. The van der Waals surface area contributed by atoms with Crippen molar-refractivity contribution in [2.45, 2.75) is 16.8 Å². The lowest BCUT2D eigenvalue weighted by atomic mass is 10.1. The van der Waals surface area contributed by atoms with Crippen LogP contribution in [0.25, 0.3) is 0 Å². The van der Waals surface area contributed by atoms with Gasteiger partial charge in [-0.15, -0.1) is 0 Å². The fourth-order valence-electron chi connectivity index (χ4n) is 1.27. The lowest BCUT2D eigenvalue weighted by Crippen LogP contribution is -2.45. The summed E-state index contributed by atoms with van der Waals surface area (Å²) in [5, 5.41) is 0. The summed E-state index contributed by atoms with van der Waals surface area (Å²) in [6, 6.07) is 0. The zero-order valence-corrected chi connectivity index (χ0v) is 8.78. The number of piperidine rings is 1. The van der Waals surface area contributed by atoms with Crippen molar-refractivity contribution in [3.63, 3.8) is 0 Å². The third-order valence-electron chi connectivity index (χ3n) is 1.86. The van der Waals surface area contributed by atoms with E-state index in [4.69, 9.17) is 5.73 Å². The zero-order chi connectivity index (χ0) is 9.14. The Labute approximate surface area is 84.6 Å². The monoisotopic (exact) mass is 282 g/mol. The van der Waals surface area contributed by atoms with Crippen LogP contribution in [-0.4, -0.2) is 33.7 Å². The summed E-state index contributed by atoms with van der Waals surface area (Å²) in [5.74, 6) is -1.39. The first kappa shape index (κ1) is 9.76. The number of nitrogens with two attached hydrogens (primary N) is 1. The third-order valence-corrected chi connectivity index (χ3v) is 2.88. The van der Waals surface area contributed by atoms with Crippen LogP contribution < -0.4 is 5.73 Å². The molecule has 0 aromatic carbocycles. The quantitative estimate of drug-likeness (QED) is 0.383. The Balaban J connectivity index is 2.51. The number of amides is 2. The van der Waals surface area contributed by atoms with Crippen molar-refractivity contribution in [1.82, 2.24) is 4.90 Å². The molecule has 1 aliphatic rings. The highest BCUT2D eigenvalue weighted by Gasteiger charge is 2.24. The highest BCUT2D eigenvalue weighted by atomic mass is 127. The van der Waals surface area contributed by atoms with Gasteiger partial charge >= 0.3 is 11.8 Å². The molecule has 0 aromatic heterocycles. The number of carbonyl (C=O) groups is 2. The second kappa shape index (κ2) is 4.06. The van der Waals surface area contributed by atoms with Gasteiger partial charge in [0.15, 0.2) is 0 Å². The SMILES string of the molecule is NC(=O)C(=O)N1CCCC(I)C1. The molecule has 0 saturated carbocycles. The standard InChI is InChI=1S/C7H11IN2O2/c8-5-2-1-3-10(4-5)7(12)6(9)11/h5H,1-4H2,(H2,9,11). The Morgan fingerprint density at radius 3 is 2.67 bits per heavy atom. The fraction of sp³-hybridized carbons (Fsp3) is 0.714. The van der Waals surface area contributed by atoms with Crippen LogP contribution in [0.5, 0.6) is 0 Å². The number of hydrogen-bond acceptors (Lipinski definition) is 2. The van der Waals surface area contributed by atoms with Gasteiger partial charge in [0.25, 0.3) is 0 Å². The smallest absolute Gasteiger partial charge is 0.311 e. The predicted molar refractivity (Wildman–Crippen MR) is 52.8 cm³/mol. The van der Waals surface area contributed by atoms with E-state index in [1.165, 1.54) is 4.90 Å². The van der Waals surface area contributed by atoms with Gasteiger partial charge in [-0.25, -0.2) is 0 Å². The van der Waals surface area contributed by atoms with Gasteiger partial charge < -0.3 is 10.6 Å². The second-order valence-electron chi connectivity index (χ2n) is 2.85. The van der Waals surface area contributed by atoms with Crippen molar-refractivity contribution >= 4 is 34.4 Å². The highest BCUT2D eigenvalue weighted by molar-refractivity contribution is 14.1. The topological polar surface area (TPSA) is 63.4 Å². The average Bonchev–Trinajstić information content (AvgIpc) is 2.03. The van der Waals surface area contributed by atoms with Crippen LogP contribution in [0.15, 0.2) is 0 Å². The van der Waals surface area contributed by atoms with Crippen LogP contribution in [0, 0.1) is 0 Å². The lowest BCUT2D eigenvalue weighted by Gasteiger charge is -2.28. The maximum Gasteiger partial charge on any atom is 0.311 e. The van der Waals surface area contributed by atoms with Crippen LogP contribution in [0.3, 0.4) is 0 Å². The number of alkyl halides is 1. The summed E-state index contributed by atoms with van der Waals surface area (Å²) >= 11 is 2.28. The summed E-state index contributed by atoms with van der Waals surface area (Å²) in [6.45, 7) is 1.32. The summed E-state index contributed by atoms with van der Waals surface area (Å²) in [6.07, 6.45) is 2.08. The van der Waals surface area contributed by atoms with Gasteiger partial charge in [0.1, 0.15) is 0 Å². The van der Waals surface area contributed by atoms with Crippen LogP contribution in [0.4, 0.5) is 0 Å². The van der Waals surface area contributed by atoms with E-state index in [-0.39, 0.29) is 0 Å². The molecular formula is C7H11IN2O2. The Hall–Kier alpha value is -0.330. The Morgan fingerprint density at radius 1 is 1.50 bits per heavy atom. The molecular weight excluding hydrogens is 271 g/mol. The molecule has 1 saturated heterocycles. The van der Waals surface area contributed by atoms with E-state index in [2.05, 4.69) is 22.6 Å². The molecule has 0 bridgehead atoms. The molecule has 1 atom stereocenters. The van der Waals surface area contributed by atoms with Gasteiger partial charge in [0.05, 0.1) is 0 Å². The minimum absolute atomic E-state index is 0.458. The first-order chi connectivity index (χ1) is 5.61. The molecule has 68 valence electrons. The Morgan fingerprint density at radius 2 is 2.17 bits per heavy atom. The van der Waals surface area contributed by atoms with Gasteiger partial charge in [-0.2, -0.15) is 0 Å². The number of rotatable bonds is 0. The number of halogens is 1.